The van der Waals surface area contributed by atoms with Crippen LogP contribution in [-0.2, 0) is 18.3 Å². The Balaban J connectivity index is 0.000000209. The molecule has 0 aliphatic rings. The summed E-state index contributed by atoms with van der Waals surface area (Å²) < 4.78 is 128. The van der Waals surface area contributed by atoms with Gasteiger partial charge in [-0.25, -0.2) is 4.98 Å². The van der Waals surface area contributed by atoms with Gasteiger partial charge in [0.1, 0.15) is 57.5 Å². The van der Waals surface area contributed by atoms with Crippen LogP contribution >= 0.6 is 31.3 Å². The fraction of sp³-hybridized carbons (Fsp3) is 0.113. The lowest BCUT2D eigenvalue weighted by molar-refractivity contribution is 0.290. The maximum Gasteiger partial charge on any atom is 0.648 e. The van der Waals surface area contributed by atoms with E-state index < -0.39 is 31.3 Å². The second kappa shape index (κ2) is 29.0. The van der Waals surface area contributed by atoms with Crippen LogP contribution < -0.4 is 54.3 Å². The van der Waals surface area contributed by atoms with Gasteiger partial charge >= 0.3 is 31.3 Å². The highest BCUT2D eigenvalue weighted by atomic mass is 31.2. The summed E-state index contributed by atoms with van der Waals surface area (Å²) in [7, 11) is -17.3. The molecule has 0 spiro atoms. The van der Waals surface area contributed by atoms with E-state index in [0.29, 0.717) is 33.8 Å². The summed E-state index contributed by atoms with van der Waals surface area (Å²) in [6.45, 7) is 14.9. The maximum absolute atomic E-state index is 14.8. The molecule has 470 valence electrons. The van der Waals surface area contributed by atoms with Crippen molar-refractivity contribution in [2.75, 3.05) is 0 Å². The third kappa shape index (κ3) is 16.9. The van der Waals surface area contributed by atoms with Gasteiger partial charge in [0, 0.05) is 16.8 Å². The minimum absolute atomic E-state index is 0.0466. The molecule has 0 aliphatic heterocycles. The molecule has 0 saturated carbocycles. The number of para-hydroxylation sites is 8. The lowest BCUT2D eigenvalue weighted by atomic mass is 10.1. The van der Waals surface area contributed by atoms with Gasteiger partial charge in [0.25, 0.3) is 0 Å². The molecule has 10 aromatic carbocycles. The van der Waals surface area contributed by atoms with E-state index in [1.807, 2.05) is 140 Å². The second-order valence-electron chi connectivity index (χ2n) is 21.0. The molecule has 21 heteroatoms. The number of phosphoric acid groups is 4. The first kappa shape index (κ1) is 65.1. The molecule has 0 radical (unpaired) electrons. The number of phosphoric ester groups is 4. The number of benzene rings is 10. The highest BCUT2D eigenvalue weighted by Crippen LogP contribution is 2.57. The SMILES string of the molecule is Cc1cccc(C)c1OP(=O)(Oc1c(C)cccc1C)Oc1ccc(OP(=O)(Oc2c(C)cccc2C)Oc2c(C)cccc2C)c2ccccc12.O=P(Oc1ccccc1)(Oc1ccccc1)Oc1ccc(OP(=O)(Oc2ccccc2)Oc2ccccc2)nc1. The van der Waals surface area contributed by atoms with E-state index in [1.165, 1.54) is 18.3 Å². The normalized spacial score (nSPS) is 11.4. The lowest BCUT2D eigenvalue weighted by Crippen LogP contribution is -2.11. The molecule has 0 bridgehead atoms. The molecule has 0 atom stereocenters. The Bertz CT molecular complexity index is 3970. The molecule has 0 N–H and O–H groups in total. The largest absolute Gasteiger partial charge is 0.648 e. The number of nitrogens with zero attached hydrogens (tertiary/aromatic N) is 1. The Morgan fingerprint density at radius 2 is 0.478 bits per heavy atom. The van der Waals surface area contributed by atoms with Crippen molar-refractivity contribution in [3.63, 3.8) is 0 Å². The molecule has 0 unspecified atom stereocenters. The zero-order valence-corrected chi connectivity index (χ0v) is 55.0. The molecule has 0 saturated heterocycles. The van der Waals surface area contributed by atoms with Crippen LogP contribution in [-0.4, -0.2) is 4.98 Å². The summed E-state index contributed by atoms with van der Waals surface area (Å²) in [5, 5.41) is 1.00. The number of fused-ring (bicyclic) bond motifs is 1. The molecular formula is C71H65NO16P4. The monoisotopic (exact) mass is 1310 g/mol. The van der Waals surface area contributed by atoms with Gasteiger partial charge in [0.15, 0.2) is 5.75 Å². The van der Waals surface area contributed by atoms with Crippen LogP contribution in [0.25, 0.3) is 10.8 Å². The Morgan fingerprint density at radius 3 is 0.750 bits per heavy atom. The summed E-state index contributed by atoms with van der Waals surface area (Å²) in [5.41, 5.74) is 6.16. The van der Waals surface area contributed by atoms with Gasteiger partial charge in [-0.1, -0.05) is 170 Å². The molecule has 17 nitrogen and oxygen atoms in total. The Morgan fingerprint density at radius 1 is 0.228 bits per heavy atom. The molecule has 92 heavy (non-hydrogen) atoms. The van der Waals surface area contributed by atoms with Crippen LogP contribution in [0.4, 0.5) is 0 Å². The first-order valence-corrected chi connectivity index (χ1v) is 34.8. The number of hydrogen-bond acceptors (Lipinski definition) is 17. The highest BCUT2D eigenvalue weighted by molar-refractivity contribution is 7.50. The van der Waals surface area contributed by atoms with Gasteiger partial charge in [-0.3, -0.25) is 0 Å². The molecule has 0 aliphatic carbocycles. The smallest absolute Gasteiger partial charge is 0.386 e. The molecule has 1 aromatic heterocycles. The van der Waals surface area contributed by atoms with E-state index in [2.05, 4.69) is 4.98 Å². The van der Waals surface area contributed by atoms with Gasteiger partial charge < -0.3 is 54.3 Å². The lowest BCUT2D eigenvalue weighted by Gasteiger charge is -2.25. The maximum atomic E-state index is 14.8. The topological polar surface area (TPSA) is 192 Å². The van der Waals surface area contributed by atoms with E-state index in [-0.39, 0.29) is 46.1 Å². The minimum Gasteiger partial charge on any atom is -0.386 e. The van der Waals surface area contributed by atoms with E-state index in [0.717, 1.165) is 44.5 Å². The molecule has 0 amide bonds. The van der Waals surface area contributed by atoms with Crippen molar-refractivity contribution in [3.05, 3.63) is 293 Å². The number of aromatic nitrogens is 1. The third-order valence-corrected chi connectivity index (χ3v) is 18.7. The van der Waals surface area contributed by atoms with Crippen LogP contribution in [0.2, 0.25) is 0 Å². The van der Waals surface area contributed by atoms with Crippen LogP contribution in [0.15, 0.2) is 249 Å². The number of aryl methyl sites for hydroxylation is 8. The van der Waals surface area contributed by atoms with E-state index in [4.69, 9.17) is 54.3 Å². The molecule has 1 heterocycles. The van der Waals surface area contributed by atoms with E-state index in [9.17, 15) is 18.3 Å². The summed E-state index contributed by atoms with van der Waals surface area (Å²) in [4.78, 5) is 4.13. The molecule has 0 fully saturated rings. The number of rotatable bonds is 24. The Labute approximate surface area is 534 Å². The third-order valence-electron chi connectivity index (χ3n) is 13.7. The van der Waals surface area contributed by atoms with Gasteiger partial charge in [-0.2, -0.15) is 18.3 Å². The molecule has 11 aromatic rings. The zero-order valence-electron chi connectivity index (χ0n) is 51.4. The van der Waals surface area contributed by atoms with Crippen LogP contribution in [0.1, 0.15) is 44.5 Å². The second-order valence-corrected chi connectivity index (χ2v) is 26.7. The minimum atomic E-state index is -4.41. The summed E-state index contributed by atoms with van der Waals surface area (Å²) in [6, 6.07) is 69.5. The van der Waals surface area contributed by atoms with Crippen molar-refractivity contribution in [2.24, 2.45) is 0 Å². The summed E-state index contributed by atoms with van der Waals surface area (Å²) in [6.07, 6.45) is 1.22. The van der Waals surface area contributed by atoms with Gasteiger partial charge in [0.2, 0.25) is 5.88 Å². The Kier molecular flexibility index (Phi) is 20.5. The van der Waals surface area contributed by atoms with E-state index in [1.54, 1.807) is 146 Å². The molecular weight excluding hydrogens is 1250 g/mol. The quantitative estimate of drug-likeness (QED) is 0.0518. The van der Waals surface area contributed by atoms with Crippen molar-refractivity contribution in [3.8, 4) is 69.1 Å². The fourth-order valence-electron chi connectivity index (χ4n) is 9.25. The van der Waals surface area contributed by atoms with Gasteiger partial charge in [-0.15, -0.1) is 0 Å². The standard InChI is InChI=1S/C42H42O8P2.C29H23NO8P2/c1-27-15-11-16-28(2)39(27)47-51(43,48-40-29(3)17-12-18-30(40)4)45-37-25-26-38(36-24-10-9-23-35(36)37)46-52(44,49-41-31(5)19-13-20-32(41)6)50-42-33(7)21-14-22-34(42)8;31-39(33-24-13-5-1-6-14-24,34-25-15-7-2-8-16-25)37-28-21-22-29(30-23-28)38-40(32,35-26-17-9-3-10-18-26)36-27-19-11-4-12-20-27/h9-26H,1-8H3;1-23H. The first-order chi connectivity index (χ1) is 44.2. The highest BCUT2D eigenvalue weighted by Gasteiger charge is 2.40. The Hall–Kier alpha value is -9.87. The number of hydrogen-bond donors (Lipinski definition) is 0. The number of pyridine rings is 1. The van der Waals surface area contributed by atoms with Crippen molar-refractivity contribution in [1.82, 2.24) is 4.98 Å². The molecule has 11 rings (SSSR count). The van der Waals surface area contributed by atoms with Crippen LogP contribution in [0.5, 0.6) is 69.1 Å². The van der Waals surface area contributed by atoms with Gasteiger partial charge in [0.05, 0.1) is 6.20 Å². The van der Waals surface area contributed by atoms with Crippen LogP contribution in [0.3, 0.4) is 0 Å². The predicted molar refractivity (Wildman–Crippen MR) is 356 cm³/mol. The fourth-order valence-corrected chi connectivity index (χ4v) is 14.8. The van der Waals surface area contributed by atoms with Crippen molar-refractivity contribution in [1.29, 1.82) is 0 Å². The van der Waals surface area contributed by atoms with E-state index >= 15 is 0 Å². The van der Waals surface area contributed by atoms with Crippen molar-refractivity contribution in [2.45, 2.75) is 55.4 Å². The summed E-state index contributed by atoms with van der Waals surface area (Å²) >= 11 is 0. The van der Waals surface area contributed by atoms with Crippen LogP contribution in [0, 0.1) is 55.4 Å². The van der Waals surface area contributed by atoms with Gasteiger partial charge in [-0.05, 0) is 167 Å². The average Bonchev–Trinajstić information content (AvgIpc) is 0.787. The first-order valence-electron chi connectivity index (χ1n) is 28.9. The average molecular weight is 1310 g/mol. The zero-order chi connectivity index (χ0) is 64.9. The van der Waals surface area contributed by atoms with Crippen molar-refractivity contribution >= 4 is 42.1 Å². The van der Waals surface area contributed by atoms with Crippen molar-refractivity contribution < 1.29 is 72.5 Å². The summed E-state index contributed by atoms with van der Waals surface area (Å²) in [5.74, 6) is 3.06. The predicted octanol–water partition coefficient (Wildman–Crippen LogP) is 21.0.